The summed E-state index contributed by atoms with van der Waals surface area (Å²) >= 11 is 2.18. The first kappa shape index (κ1) is 9.68. The van der Waals surface area contributed by atoms with Gasteiger partial charge in [-0.15, -0.1) is 5.26 Å². The monoisotopic (exact) mass is 316 g/mol. The molecule has 3 nitrogen and oxygen atoms in total. The second kappa shape index (κ2) is 4.11. The quantitative estimate of drug-likeness (QED) is 0.630. The van der Waals surface area contributed by atoms with Crippen LogP contribution in [0, 0.1) is 11.5 Å². The molecule has 0 saturated heterocycles. The van der Waals surface area contributed by atoms with Gasteiger partial charge in [-0.05, 0) is 12.1 Å². The van der Waals surface area contributed by atoms with Gasteiger partial charge in [0.05, 0.1) is 11.7 Å². The predicted molar refractivity (Wildman–Crippen MR) is 65.2 cm³/mol. The Morgan fingerprint density at radius 1 is 1.43 bits per heavy atom. The molecule has 70 valence electrons. The fraction of sp³-hybridized carbons (Fsp3) is 0. The van der Waals surface area contributed by atoms with E-state index in [0.717, 1.165) is 10.9 Å². The van der Waals surface area contributed by atoms with Crippen LogP contribution in [0.5, 0.6) is 5.75 Å². The van der Waals surface area contributed by atoms with Crippen LogP contribution < -0.4 is 4.74 Å². The van der Waals surface area contributed by atoms with E-state index in [1.807, 2.05) is 34.4 Å². The number of halogens is 1. The van der Waals surface area contributed by atoms with E-state index in [1.165, 1.54) is 0 Å². The van der Waals surface area contributed by atoms with Gasteiger partial charge in [0.2, 0.25) is 0 Å². The molecule has 0 atom stereocenters. The van der Waals surface area contributed by atoms with Gasteiger partial charge in [-0.3, -0.25) is 3.97 Å². The molecule has 0 spiro atoms. The smallest absolute Gasteiger partial charge is 0.292 e. The van der Waals surface area contributed by atoms with Gasteiger partial charge in [-0.1, -0.05) is 12.1 Å². The summed E-state index contributed by atoms with van der Waals surface area (Å²) in [6, 6.07) is 7.81. The Morgan fingerprint density at radius 3 is 2.93 bits per heavy atom. The van der Waals surface area contributed by atoms with Crippen molar-refractivity contribution in [3.8, 4) is 12.0 Å². The van der Waals surface area contributed by atoms with Gasteiger partial charge in [0.15, 0.2) is 5.75 Å². The van der Waals surface area contributed by atoms with E-state index in [9.17, 15) is 0 Å². The number of nitriles is 1. The van der Waals surface area contributed by atoms with Crippen molar-refractivity contribution in [3.05, 3.63) is 30.5 Å². The minimum absolute atomic E-state index is 0.604. The second-order valence-corrected chi connectivity index (χ2v) is 4.31. The summed E-state index contributed by atoms with van der Waals surface area (Å²) in [4.78, 5) is 0. The lowest BCUT2D eigenvalue weighted by atomic mass is 10.2. The third-order valence-corrected chi connectivity index (χ3v) is 3.60. The maximum atomic E-state index is 8.47. The van der Waals surface area contributed by atoms with Crippen molar-refractivity contribution in [3.63, 3.8) is 0 Å². The molecule has 0 aliphatic rings. The molecular weight excluding hydrogens is 311 g/mol. The number of fused-ring (bicyclic) bond motifs is 1. The average molecular weight is 316 g/mol. The largest absolute Gasteiger partial charge is 0.386 e. The molecule has 0 aliphatic carbocycles. The number of ether oxygens (including phenoxy) is 1. The maximum absolute atomic E-state index is 8.47. The summed E-state index contributed by atoms with van der Waals surface area (Å²) in [5.41, 5.74) is 1.05. The van der Waals surface area contributed by atoms with E-state index in [4.69, 9.17) is 10.00 Å². The molecule has 1 aromatic carbocycles. The lowest BCUT2D eigenvalue weighted by Gasteiger charge is -1.94. The van der Waals surface area contributed by atoms with Crippen molar-refractivity contribution in [2.24, 2.45) is 0 Å². The van der Waals surface area contributed by atoms with Crippen LogP contribution in [0.15, 0.2) is 30.5 Å². The zero-order valence-electron chi connectivity index (χ0n) is 6.98. The highest BCUT2D eigenvalue weighted by atomic mass is 127. The molecule has 0 saturated carbocycles. The highest BCUT2D eigenvalue weighted by molar-refractivity contribution is 14.2. The zero-order chi connectivity index (χ0) is 9.97. The Hall–Kier alpha value is -0.870. The van der Waals surface area contributed by atoms with E-state index in [0.29, 0.717) is 5.75 Å². The van der Waals surface area contributed by atoms with E-state index >= 15 is 0 Å². The minimum atomic E-state index is 0.604. The van der Waals surface area contributed by atoms with Crippen LogP contribution in [0.3, 0.4) is 0 Å². The number of hydrogen-bond acceptors (Lipinski definition) is 3. The fourth-order valence-corrected chi connectivity index (χ4v) is 2.65. The number of rotatable bonds is 2. The van der Waals surface area contributed by atoms with Crippen LogP contribution >= 0.6 is 30.3 Å². The van der Waals surface area contributed by atoms with Gasteiger partial charge in [-0.25, -0.2) is 0 Å². The van der Waals surface area contributed by atoms with Gasteiger partial charge < -0.3 is 4.74 Å². The maximum Gasteiger partial charge on any atom is 0.292 e. The van der Waals surface area contributed by atoms with Gasteiger partial charge >= 0.3 is 0 Å². The van der Waals surface area contributed by atoms with Crippen LogP contribution in [0.1, 0.15) is 0 Å². The van der Waals surface area contributed by atoms with Gasteiger partial charge in [-0.2, -0.15) is 0 Å². The van der Waals surface area contributed by atoms with E-state index < -0.39 is 0 Å². The lowest BCUT2D eigenvalue weighted by Crippen LogP contribution is -1.78. The zero-order valence-corrected chi connectivity index (χ0v) is 9.95. The van der Waals surface area contributed by atoms with Crippen molar-refractivity contribution in [2.45, 2.75) is 0 Å². The second-order valence-electron chi connectivity index (χ2n) is 2.60. The molecule has 14 heavy (non-hydrogen) atoms. The lowest BCUT2D eigenvalue weighted by molar-refractivity contribution is 0.513. The molecule has 2 aromatic rings. The first-order valence-electron chi connectivity index (χ1n) is 3.82. The topological polar surface area (TPSA) is 37.9 Å². The Morgan fingerprint density at radius 2 is 2.21 bits per heavy atom. The molecule has 0 N–H and O–H groups in total. The summed E-state index contributed by atoms with van der Waals surface area (Å²) in [5, 5.41) is 9.43. The Bertz CT molecular complexity index is 503. The Balaban J connectivity index is 2.68. The summed E-state index contributed by atoms with van der Waals surface area (Å²) in [6.07, 6.45) is 3.50. The third kappa shape index (κ3) is 1.55. The van der Waals surface area contributed by atoms with Crippen LogP contribution in [-0.4, -0.2) is 3.97 Å². The van der Waals surface area contributed by atoms with Crippen LogP contribution in [0.4, 0.5) is 0 Å². The highest BCUT2D eigenvalue weighted by Crippen LogP contribution is 2.32. The SMILES string of the molecule is N#COc1cn(SI)c2ccccc12. The minimum Gasteiger partial charge on any atom is -0.386 e. The van der Waals surface area contributed by atoms with Crippen molar-refractivity contribution < 1.29 is 4.74 Å². The molecular formula is C9H5IN2OS. The van der Waals surface area contributed by atoms with Crippen LogP contribution in [-0.2, 0) is 0 Å². The van der Waals surface area contributed by atoms with E-state index in [1.54, 1.807) is 15.4 Å². The van der Waals surface area contributed by atoms with Crippen LogP contribution in [0.25, 0.3) is 10.9 Å². The predicted octanol–water partition coefficient (Wildman–Crippen LogP) is 3.35. The van der Waals surface area contributed by atoms with Crippen molar-refractivity contribution in [1.82, 2.24) is 3.97 Å². The van der Waals surface area contributed by atoms with Crippen molar-refractivity contribution in [2.75, 3.05) is 0 Å². The third-order valence-electron chi connectivity index (χ3n) is 1.87. The van der Waals surface area contributed by atoms with Gasteiger partial charge in [0.1, 0.15) is 0 Å². The first-order chi connectivity index (χ1) is 6.86. The van der Waals surface area contributed by atoms with Crippen LogP contribution in [0.2, 0.25) is 0 Å². The number of nitrogens with zero attached hydrogens (tertiary/aromatic N) is 2. The molecule has 0 unspecified atom stereocenters. The van der Waals surface area contributed by atoms with Gasteiger partial charge in [0, 0.05) is 35.7 Å². The number of hydrogen-bond donors (Lipinski definition) is 0. The molecule has 1 heterocycles. The highest BCUT2D eigenvalue weighted by Gasteiger charge is 2.08. The number of benzene rings is 1. The van der Waals surface area contributed by atoms with Gasteiger partial charge in [0.25, 0.3) is 6.26 Å². The molecule has 0 fully saturated rings. The molecule has 5 heteroatoms. The van der Waals surface area contributed by atoms with E-state index in [2.05, 4.69) is 21.2 Å². The standard InChI is InChI=1S/C9H5IN2OS/c10-14-12-5-9(13-6-11)7-3-1-2-4-8(7)12/h1-5H. The Labute approximate surface area is 97.4 Å². The summed E-state index contributed by atoms with van der Waals surface area (Å²) in [5.74, 6) is 0.604. The van der Waals surface area contributed by atoms with E-state index in [-0.39, 0.29) is 0 Å². The molecule has 0 amide bonds. The normalized spacial score (nSPS) is 10.0. The molecule has 0 bridgehead atoms. The summed E-state index contributed by atoms with van der Waals surface area (Å²) in [6.45, 7) is 0. The Kier molecular flexibility index (Phi) is 2.84. The first-order valence-corrected chi connectivity index (χ1v) is 7.13. The summed E-state index contributed by atoms with van der Waals surface area (Å²) in [7, 11) is 1.54. The number of para-hydroxylation sites is 1. The molecule has 0 aliphatic heterocycles. The fourth-order valence-electron chi connectivity index (χ4n) is 1.31. The molecule has 0 radical (unpaired) electrons. The molecule has 2 rings (SSSR count). The molecule has 1 aromatic heterocycles. The average Bonchev–Trinajstić information content (AvgIpc) is 2.58. The number of aromatic nitrogens is 1. The summed E-state index contributed by atoms with van der Waals surface area (Å²) < 4.78 is 6.83. The van der Waals surface area contributed by atoms with Crippen molar-refractivity contribution >= 4 is 41.2 Å². The van der Waals surface area contributed by atoms with Crippen molar-refractivity contribution in [1.29, 1.82) is 5.26 Å².